The van der Waals surface area contributed by atoms with Crippen molar-refractivity contribution in [2.24, 2.45) is 0 Å². The first kappa shape index (κ1) is 14.9. The molecule has 1 aromatic carbocycles. The Morgan fingerprint density at radius 1 is 0.947 bits per heavy atom. The number of Topliss-reactive ketones (excluding diaryl/α,β-unsaturated/α-hetero) is 2. The van der Waals surface area contributed by atoms with Crippen molar-refractivity contribution in [2.45, 2.75) is 20.0 Å². The van der Waals surface area contributed by atoms with Gasteiger partial charge in [-0.05, 0) is 32.0 Å². The van der Waals surface area contributed by atoms with Gasteiger partial charge < -0.3 is 5.32 Å². The van der Waals surface area contributed by atoms with E-state index in [9.17, 15) is 27.6 Å². The molecule has 0 spiro atoms. The van der Waals surface area contributed by atoms with Gasteiger partial charge in [-0.3, -0.25) is 14.4 Å². The molecule has 7 heteroatoms. The molecule has 0 heterocycles. The number of hydrogen-bond acceptors (Lipinski definition) is 3. The molecule has 0 aliphatic heterocycles. The van der Waals surface area contributed by atoms with Gasteiger partial charge in [-0.2, -0.15) is 13.2 Å². The van der Waals surface area contributed by atoms with Gasteiger partial charge in [0.15, 0.2) is 11.6 Å². The van der Waals surface area contributed by atoms with Crippen LogP contribution < -0.4 is 5.32 Å². The van der Waals surface area contributed by atoms with Gasteiger partial charge in [-0.1, -0.05) is 0 Å². The lowest BCUT2D eigenvalue weighted by molar-refractivity contribution is -0.167. The van der Waals surface area contributed by atoms with Crippen molar-refractivity contribution >= 4 is 23.2 Å². The minimum absolute atomic E-state index is 0.0465. The van der Waals surface area contributed by atoms with Crippen molar-refractivity contribution in [3.05, 3.63) is 29.3 Å². The van der Waals surface area contributed by atoms with E-state index in [4.69, 9.17) is 0 Å². The summed E-state index contributed by atoms with van der Waals surface area (Å²) >= 11 is 0. The quantitative estimate of drug-likeness (QED) is 0.861. The molecular weight excluding hydrogens is 263 g/mol. The Morgan fingerprint density at radius 3 is 1.68 bits per heavy atom. The van der Waals surface area contributed by atoms with Crippen LogP contribution in [0.4, 0.5) is 18.9 Å². The molecule has 1 aromatic rings. The first-order chi connectivity index (χ1) is 8.61. The van der Waals surface area contributed by atoms with E-state index in [0.717, 1.165) is 12.1 Å². The van der Waals surface area contributed by atoms with E-state index in [1.807, 2.05) is 0 Å². The zero-order valence-corrected chi connectivity index (χ0v) is 10.1. The topological polar surface area (TPSA) is 63.2 Å². The van der Waals surface area contributed by atoms with Crippen molar-refractivity contribution in [1.82, 2.24) is 0 Å². The number of carbonyl (C=O) groups excluding carboxylic acids is 3. The van der Waals surface area contributed by atoms with E-state index in [1.165, 1.54) is 19.9 Å². The van der Waals surface area contributed by atoms with Gasteiger partial charge in [0, 0.05) is 16.8 Å². The molecule has 0 fully saturated rings. The number of carbonyl (C=O) groups is 3. The van der Waals surface area contributed by atoms with Crippen molar-refractivity contribution in [2.75, 3.05) is 5.32 Å². The Morgan fingerprint density at radius 2 is 1.37 bits per heavy atom. The Balaban J connectivity index is 3.17. The lowest BCUT2D eigenvalue weighted by Crippen LogP contribution is -2.30. The third-order valence-electron chi connectivity index (χ3n) is 2.26. The van der Waals surface area contributed by atoms with E-state index in [0.29, 0.717) is 0 Å². The summed E-state index contributed by atoms with van der Waals surface area (Å²) in [7, 11) is 0. The molecule has 1 amide bonds. The van der Waals surface area contributed by atoms with Crippen LogP contribution in [0, 0.1) is 0 Å². The SMILES string of the molecule is CC(=O)c1cc(NC(=O)C(F)(F)F)cc(C(C)=O)c1. The molecule has 102 valence electrons. The maximum absolute atomic E-state index is 12.1. The monoisotopic (exact) mass is 273 g/mol. The Hall–Kier alpha value is -2.18. The number of nitrogens with one attached hydrogen (secondary N) is 1. The fourth-order valence-electron chi connectivity index (χ4n) is 1.31. The summed E-state index contributed by atoms with van der Waals surface area (Å²) in [6, 6.07) is 3.42. The molecule has 4 nitrogen and oxygen atoms in total. The Labute approximate surface area is 106 Å². The maximum Gasteiger partial charge on any atom is 0.471 e. The van der Waals surface area contributed by atoms with Crippen LogP contribution in [0.2, 0.25) is 0 Å². The van der Waals surface area contributed by atoms with Gasteiger partial charge in [0.1, 0.15) is 0 Å². The van der Waals surface area contributed by atoms with Crippen molar-refractivity contribution in [3.63, 3.8) is 0 Å². The maximum atomic E-state index is 12.1. The first-order valence-electron chi connectivity index (χ1n) is 5.16. The van der Waals surface area contributed by atoms with Crippen LogP contribution >= 0.6 is 0 Å². The van der Waals surface area contributed by atoms with Crippen LogP contribution in [0.1, 0.15) is 34.6 Å². The van der Waals surface area contributed by atoms with E-state index in [2.05, 4.69) is 0 Å². The summed E-state index contributed by atoms with van der Waals surface area (Å²) in [6.07, 6.45) is -5.04. The van der Waals surface area contributed by atoms with E-state index in [-0.39, 0.29) is 16.8 Å². The van der Waals surface area contributed by atoms with Crippen LogP contribution in [-0.4, -0.2) is 23.6 Å². The zero-order chi connectivity index (χ0) is 14.8. The number of benzene rings is 1. The van der Waals surface area contributed by atoms with Crippen molar-refractivity contribution in [1.29, 1.82) is 0 Å². The second-order valence-corrected chi connectivity index (χ2v) is 3.86. The summed E-state index contributed by atoms with van der Waals surface area (Å²) in [5, 5.41) is 1.60. The van der Waals surface area contributed by atoms with Crippen LogP contribution in [0.5, 0.6) is 0 Å². The van der Waals surface area contributed by atoms with Gasteiger partial charge in [-0.15, -0.1) is 0 Å². The first-order valence-corrected chi connectivity index (χ1v) is 5.16. The average molecular weight is 273 g/mol. The summed E-state index contributed by atoms with van der Waals surface area (Å²) in [6.45, 7) is 2.41. The van der Waals surface area contributed by atoms with Crippen LogP contribution in [0.15, 0.2) is 18.2 Å². The standard InChI is InChI=1S/C12H10F3NO3/c1-6(17)8-3-9(7(2)18)5-10(4-8)16-11(19)12(13,14)15/h3-5H,1-2H3,(H,16,19). The summed E-state index contributed by atoms with van der Waals surface area (Å²) in [4.78, 5) is 33.2. The predicted octanol–water partition coefficient (Wildman–Crippen LogP) is 2.59. The Kier molecular flexibility index (Phi) is 4.08. The smallest absolute Gasteiger partial charge is 0.318 e. The summed E-state index contributed by atoms with van der Waals surface area (Å²) < 4.78 is 36.3. The predicted molar refractivity (Wildman–Crippen MR) is 61.1 cm³/mol. The number of alkyl halides is 3. The number of rotatable bonds is 3. The third kappa shape index (κ3) is 3.90. The van der Waals surface area contributed by atoms with E-state index >= 15 is 0 Å². The highest BCUT2D eigenvalue weighted by Crippen LogP contribution is 2.21. The molecular formula is C12H10F3NO3. The van der Waals surface area contributed by atoms with Crippen LogP contribution in [0.25, 0.3) is 0 Å². The number of amides is 1. The van der Waals surface area contributed by atoms with E-state index < -0.39 is 23.6 Å². The molecule has 0 atom stereocenters. The van der Waals surface area contributed by atoms with Gasteiger partial charge >= 0.3 is 12.1 Å². The molecule has 0 aromatic heterocycles. The van der Waals surface area contributed by atoms with Gasteiger partial charge in [0.05, 0.1) is 0 Å². The molecule has 0 saturated carbocycles. The minimum Gasteiger partial charge on any atom is -0.318 e. The fourth-order valence-corrected chi connectivity index (χ4v) is 1.31. The molecule has 0 bridgehead atoms. The van der Waals surface area contributed by atoms with Crippen molar-refractivity contribution < 1.29 is 27.6 Å². The third-order valence-corrected chi connectivity index (χ3v) is 2.26. The highest BCUT2D eigenvalue weighted by Gasteiger charge is 2.38. The minimum atomic E-state index is -5.04. The highest BCUT2D eigenvalue weighted by molar-refractivity contribution is 6.03. The highest BCUT2D eigenvalue weighted by atomic mass is 19.4. The number of anilines is 1. The summed E-state index contributed by atoms with van der Waals surface area (Å²) in [5.41, 5.74) is -0.157. The number of hydrogen-bond donors (Lipinski definition) is 1. The largest absolute Gasteiger partial charge is 0.471 e. The van der Waals surface area contributed by atoms with Crippen molar-refractivity contribution in [3.8, 4) is 0 Å². The van der Waals surface area contributed by atoms with Crippen LogP contribution in [0.3, 0.4) is 0 Å². The summed E-state index contributed by atoms with van der Waals surface area (Å²) in [5.74, 6) is -3.01. The molecule has 0 radical (unpaired) electrons. The lowest BCUT2D eigenvalue weighted by atomic mass is 10.0. The average Bonchev–Trinajstić information content (AvgIpc) is 2.27. The van der Waals surface area contributed by atoms with Crippen LogP contribution in [-0.2, 0) is 4.79 Å². The second-order valence-electron chi connectivity index (χ2n) is 3.86. The zero-order valence-electron chi connectivity index (χ0n) is 10.1. The van der Waals surface area contributed by atoms with Gasteiger partial charge in [-0.25, -0.2) is 0 Å². The molecule has 19 heavy (non-hydrogen) atoms. The normalized spacial score (nSPS) is 11.0. The Bertz CT molecular complexity index is 517. The van der Waals surface area contributed by atoms with E-state index in [1.54, 1.807) is 5.32 Å². The van der Waals surface area contributed by atoms with Gasteiger partial charge in [0.25, 0.3) is 0 Å². The lowest BCUT2D eigenvalue weighted by Gasteiger charge is -2.10. The molecule has 0 aliphatic rings. The molecule has 1 N–H and O–H groups in total. The number of ketones is 2. The number of halogens is 3. The molecule has 1 rings (SSSR count). The molecule has 0 aliphatic carbocycles. The molecule has 0 unspecified atom stereocenters. The fraction of sp³-hybridized carbons (Fsp3) is 0.250. The van der Waals surface area contributed by atoms with Gasteiger partial charge in [0.2, 0.25) is 0 Å². The second kappa shape index (κ2) is 5.21. The molecule has 0 saturated heterocycles.